The molecule has 0 bridgehead atoms. The SMILES string of the molecule is CC1(C(=O)CCC(F)(F)F)CCCCC1. The molecular formula is C11H17F3O. The van der Waals surface area contributed by atoms with Crippen molar-refractivity contribution in [3.8, 4) is 0 Å². The van der Waals surface area contributed by atoms with E-state index in [-0.39, 0.29) is 12.2 Å². The van der Waals surface area contributed by atoms with Gasteiger partial charge in [-0.05, 0) is 12.8 Å². The third-order valence-electron chi connectivity index (χ3n) is 3.27. The van der Waals surface area contributed by atoms with Crippen molar-refractivity contribution in [3.05, 3.63) is 0 Å². The van der Waals surface area contributed by atoms with Gasteiger partial charge in [0.2, 0.25) is 0 Å². The number of hydrogen-bond donors (Lipinski definition) is 0. The monoisotopic (exact) mass is 222 g/mol. The van der Waals surface area contributed by atoms with Crippen molar-refractivity contribution in [2.24, 2.45) is 5.41 Å². The second-order valence-electron chi connectivity index (χ2n) is 4.66. The van der Waals surface area contributed by atoms with Gasteiger partial charge in [0.25, 0.3) is 0 Å². The van der Waals surface area contributed by atoms with Gasteiger partial charge in [-0.1, -0.05) is 26.2 Å². The summed E-state index contributed by atoms with van der Waals surface area (Å²) >= 11 is 0. The fraction of sp³-hybridized carbons (Fsp3) is 0.909. The summed E-state index contributed by atoms with van der Waals surface area (Å²) in [5.74, 6) is -0.209. The number of alkyl halides is 3. The Bertz CT molecular complexity index is 226. The van der Waals surface area contributed by atoms with Gasteiger partial charge in [0.15, 0.2) is 0 Å². The van der Waals surface area contributed by atoms with E-state index in [1.807, 2.05) is 6.92 Å². The van der Waals surface area contributed by atoms with E-state index in [0.29, 0.717) is 0 Å². The Morgan fingerprint density at radius 3 is 2.20 bits per heavy atom. The lowest BCUT2D eigenvalue weighted by atomic mass is 9.72. The maximum atomic E-state index is 12.0. The van der Waals surface area contributed by atoms with Crippen LogP contribution in [0.2, 0.25) is 0 Å². The fourth-order valence-corrected chi connectivity index (χ4v) is 2.17. The third-order valence-corrected chi connectivity index (χ3v) is 3.27. The summed E-state index contributed by atoms with van der Waals surface area (Å²) in [5.41, 5.74) is -0.483. The van der Waals surface area contributed by atoms with E-state index in [1.165, 1.54) is 0 Å². The second-order valence-corrected chi connectivity index (χ2v) is 4.66. The highest BCUT2D eigenvalue weighted by Crippen LogP contribution is 2.38. The van der Waals surface area contributed by atoms with Gasteiger partial charge in [0.05, 0.1) is 6.42 Å². The zero-order chi connectivity index (χ0) is 11.5. The van der Waals surface area contributed by atoms with E-state index in [2.05, 4.69) is 0 Å². The Morgan fingerprint density at radius 2 is 1.73 bits per heavy atom. The standard InChI is InChI=1S/C11H17F3O/c1-10(6-3-2-4-7-10)9(15)5-8-11(12,13)14/h2-8H2,1H3. The molecule has 0 aromatic carbocycles. The molecule has 0 N–H and O–H groups in total. The van der Waals surface area contributed by atoms with Gasteiger partial charge in [-0.25, -0.2) is 0 Å². The van der Waals surface area contributed by atoms with E-state index in [1.54, 1.807) is 0 Å². The first-order chi connectivity index (χ1) is 6.83. The van der Waals surface area contributed by atoms with Gasteiger partial charge in [-0.2, -0.15) is 13.2 Å². The first-order valence-corrected chi connectivity index (χ1v) is 5.44. The molecule has 1 saturated carbocycles. The van der Waals surface area contributed by atoms with Gasteiger partial charge in [0, 0.05) is 11.8 Å². The van der Waals surface area contributed by atoms with Crippen LogP contribution in [0.1, 0.15) is 51.9 Å². The highest BCUT2D eigenvalue weighted by molar-refractivity contribution is 5.84. The highest BCUT2D eigenvalue weighted by atomic mass is 19.4. The Labute approximate surface area is 88.0 Å². The van der Waals surface area contributed by atoms with Crippen LogP contribution in [0.3, 0.4) is 0 Å². The van der Waals surface area contributed by atoms with Gasteiger partial charge in [-0.15, -0.1) is 0 Å². The second kappa shape index (κ2) is 4.54. The molecule has 1 nitrogen and oxygen atoms in total. The lowest BCUT2D eigenvalue weighted by molar-refractivity contribution is -0.148. The minimum absolute atomic E-state index is 0.209. The number of ketones is 1. The fourth-order valence-electron chi connectivity index (χ4n) is 2.17. The van der Waals surface area contributed by atoms with Gasteiger partial charge in [0.1, 0.15) is 5.78 Å². The average molecular weight is 222 g/mol. The predicted octanol–water partition coefficient (Wildman–Crippen LogP) is 3.87. The van der Waals surface area contributed by atoms with Crippen LogP contribution in [0.15, 0.2) is 0 Å². The van der Waals surface area contributed by atoms with Crippen molar-refractivity contribution in [1.82, 2.24) is 0 Å². The maximum Gasteiger partial charge on any atom is 0.389 e. The maximum absolute atomic E-state index is 12.0. The number of carbonyl (C=O) groups is 1. The van der Waals surface area contributed by atoms with E-state index >= 15 is 0 Å². The van der Waals surface area contributed by atoms with Crippen LogP contribution in [0.4, 0.5) is 13.2 Å². The molecular weight excluding hydrogens is 205 g/mol. The molecule has 0 aromatic rings. The Hall–Kier alpha value is -0.540. The lowest BCUT2D eigenvalue weighted by Crippen LogP contribution is -2.31. The van der Waals surface area contributed by atoms with Crippen molar-refractivity contribution < 1.29 is 18.0 Å². The molecule has 0 saturated heterocycles. The van der Waals surface area contributed by atoms with Crippen molar-refractivity contribution in [2.45, 2.75) is 58.0 Å². The van der Waals surface area contributed by atoms with Crippen LogP contribution < -0.4 is 0 Å². The molecule has 15 heavy (non-hydrogen) atoms. The summed E-state index contributed by atoms with van der Waals surface area (Å²) in [7, 11) is 0. The highest BCUT2D eigenvalue weighted by Gasteiger charge is 2.36. The molecule has 4 heteroatoms. The molecule has 1 rings (SSSR count). The molecule has 88 valence electrons. The quantitative estimate of drug-likeness (QED) is 0.708. The Morgan fingerprint density at radius 1 is 1.20 bits per heavy atom. The molecule has 0 heterocycles. The summed E-state index contributed by atoms with van der Waals surface area (Å²) in [5, 5.41) is 0. The molecule has 0 unspecified atom stereocenters. The smallest absolute Gasteiger partial charge is 0.299 e. The van der Waals surface area contributed by atoms with E-state index in [9.17, 15) is 18.0 Å². The summed E-state index contributed by atoms with van der Waals surface area (Å²) in [6.45, 7) is 1.81. The lowest BCUT2D eigenvalue weighted by Gasteiger charge is -2.32. The Balaban J connectivity index is 2.45. The average Bonchev–Trinajstić information content (AvgIpc) is 2.14. The predicted molar refractivity (Wildman–Crippen MR) is 51.5 cm³/mol. The molecule has 0 aromatic heterocycles. The summed E-state index contributed by atoms with van der Waals surface area (Å²) in [4.78, 5) is 11.7. The van der Waals surface area contributed by atoms with Crippen LogP contribution in [0.5, 0.6) is 0 Å². The minimum Gasteiger partial charge on any atom is -0.299 e. The number of rotatable bonds is 3. The van der Waals surface area contributed by atoms with Crippen molar-refractivity contribution in [2.75, 3.05) is 0 Å². The zero-order valence-electron chi connectivity index (χ0n) is 8.99. The normalized spacial score (nSPS) is 21.3. The number of hydrogen-bond acceptors (Lipinski definition) is 1. The van der Waals surface area contributed by atoms with Crippen molar-refractivity contribution in [1.29, 1.82) is 0 Å². The zero-order valence-corrected chi connectivity index (χ0v) is 8.99. The van der Waals surface area contributed by atoms with Crippen molar-refractivity contribution in [3.63, 3.8) is 0 Å². The number of Topliss-reactive ketones (excluding diaryl/α,β-unsaturated/α-hetero) is 1. The molecule has 1 aliphatic rings. The molecule has 0 atom stereocenters. The molecule has 0 aliphatic heterocycles. The summed E-state index contributed by atoms with van der Waals surface area (Å²) < 4.78 is 35.9. The molecule has 0 spiro atoms. The molecule has 0 radical (unpaired) electrons. The van der Waals surface area contributed by atoms with Crippen LogP contribution in [0.25, 0.3) is 0 Å². The summed E-state index contributed by atoms with van der Waals surface area (Å²) in [6, 6.07) is 0. The van der Waals surface area contributed by atoms with Gasteiger partial charge >= 0.3 is 6.18 Å². The van der Waals surface area contributed by atoms with Crippen LogP contribution in [-0.2, 0) is 4.79 Å². The topological polar surface area (TPSA) is 17.1 Å². The van der Waals surface area contributed by atoms with E-state index < -0.39 is 18.0 Å². The van der Waals surface area contributed by atoms with E-state index in [4.69, 9.17) is 0 Å². The molecule has 1 fully saturated rings. The minimum atomic E-state index is -4.21. The van der Waals surface area contributed by atoms with Crippen LogP contribution in [0, 0.1) is 5.41 Å². The van der Waals surface area contributed by atoms with Crippen LogP contribution in [-0.4, -0.2) is 12.0 Å². The number of carbonyl (C=O) groups excluding carboxylic acids is 1. The third kappa shape index (κ3) is 3.84. The molecule has 1 aliphatic carbocycles. The van der Waals surface area contributed by atoms with Gasteiger partial charge in [-0.3, -0.25) is 4.79 Å². The first kappa shape index (κ1) is 12.5. The largest absolute Gasteiger partial charge is 0.389 e. The van der Waals surface area contributed by atoms with Gasteiger partial charge < -0.3 is 0 Å². The molecule has 0 amide bonds. The van der Waals surface area contributed by atoms with Crippen molar-refractivity contribution >= 4 is 5.78 Å². The van der Waals surface area contributed by atoms with E-state index in [0.717, 1.165) is 32.1 Å². The number of halogens is 3. The van der Waals surface area contributed by atoms with Crippen LogP contribution >= 0.6 is 0 Å². The summed E-state index contributed by atoms with van der Waals surface area (Å²) in [6.07, 6.45) is -0.986. The first-order valence-electron chi connectivity index (χ1n) is 5.44. The Kier molecular flexibility index (Phi) is 3.79.